The van der Waals surface area contributed by atoms with E-state index in [1.54, 1.807) is 30.2 Å². The molecule has 200 valence electrons. The Bertz CT molecular complexity index is 1340. The first-order chi connectivity index (χ1) is 17.4. The van der Waals surface area contributed by atoms with E-state index in [1.165, 1.54) is 13.3 Å². The van der Waals surface area contributed by atoms with Crippen molar-refractivity contribution in [2.75, 3.05) is 25.1 Å². The Balaban J connectivity index is 1.71. The zero-order valence-electron chi connectivity index (χ0n) is 21.5. The van der Waals surface area contributed by atoms with Crippen molar-refractivity contribution in [3.8, 4) is 5.75 Å². The number of aromatic nitrogens is 1. The third-order valence-corrected chi connectivity index (χ3v) is 6.53. The Kier molecular flexibility index (Phi) is 7.30. The van der Waals surface area contributed by atoms with Gasteiger partial charge in [0.05, 0.1) is 24.4 Å². The first-order valence-corrected chi connectivity index (χ1v) is 12.4. The van der Waals surface area contributed by atoms with Gasteiger partial charge in [0.25, 0.3) is 0 Å². The predicted octanol–water partition coefficient (Wildman–Crippen LogP) is 5.13. The average Bonchev–Trinajstić information content (AvgIpc) is 3.66. The molecule has 10 heteroatoms. The number of piperidine rings is 1. The van der Waals surface area contributed by atoms with Gasteiger partial charge in [-0.05, 0) is 58.1 Å². The number of allylic oxidation sites excluding steroid dienone is 1. The van der Waals surface area contributed by atoms with Crippen molar-refractivity contribution in [3.05, 3.63) is 45.3 Å². The van der Waals surface area contributed by atoms with Crippen LogP contribution in [-0.4, -0.2) is 47.4 Å². The number of carbonyl (C=O) groups is 2. The Morgan fingerprint density at radius 2 is 1.92 bits per heavy atom. The third kappa shape index (κ3) is 5.62. The third-order valence-electron chi connectivity index (χ3n) is 6.53. The van der Waals surface area contributed by atoms with Crippen LogP contribution in [-0.2, 0) is 9.53 Å². The lowest BCUT2D eigenvalue weighted by atomic mass is 10.00. The number of esters is 1. The fourth-order valence-electron chi connectivity index (χ4n) is 4.79. The Morgan fingerprint density at radius 3 is 2.51 bits per heavy atom. The quantitative estimate of drug-likeness (QED) is 0.508. The minimum absolute atomic E-state index is 0.0180. The number of halogens is 2. The van der Waals surface area contributed by atoms with E-state index in [0.29, 0.717) is 30.5 Å². The van der Waals surface area contributed by atoms with Gasteiger partial charge in [0.2, 0.25) is 5.43 Å². The number of anilines is 1. The zero-order chi connectivity index (χ0) is 27.1. The van der Waals surface area contributed by atoms with Gasteiger partial charge in [0, 0.05) is 31.7 Å². The molecule has 0 spiro atoms. The van der Waals surface area contributed by atoms with Crippen LogP contribution < -0.4 is 15.1 Å². The maximum Gasteiger partial charge on any atom is 0.341 e. The molecule has 1 aromatic heterocycles. The molecule has 1 aliphatic heterocycles. The van der Waals surface area contributed by atoms with E-state index in [4.69, 9.17) is 9.47 Å². The Morgan fingerprint density at radius 1 is 1.22 bits per heavy atom. The number of methoxy groups -OCH3 is 1. The number of nitrogens with zero attached hydrogens (tertiary/aromatic N) is 2. The minimum atomic E-state index is -1.38. The zero-order valence-corrected chi connectivity index (χ0v) is 21.5. The molecular formula is C27H32F2N2O6. The number of carboxylic acids is 1. The lowest BCUT2D eigenvalue weighted by molar-refractivity contribution is -0.154. The number of hydrogen-bond donors (Lipinski definition) is 1. The summed E-state index contributed by atoms with van der Waals surface area (Å²) in [5.74, 6) is -2.92. The fourth-order valence-corrected chi connectivity index (χ4v) is 4.79. The van der Waals surface area contributed by atoms with Crippen LogP contribution in [0.1, 0.15) is 75.7 Å². The van der Waals surface area contributed by atoms with Crippen molar-refractivity contribution in [1.82, 2.24) is 4.57 Å². The largest absolute Gasteiger partial charge is 0.492 e. The fraction of sp³-hybridized carbons (Fsp3) is 0.519. The highest BCUT2D eigenvalue weighted by molar-refractivity contribution is 5.97. The standard InChI is InChI=1S/C27H32F2N2O6/c1-27(2,3)37-21(32)10-9-19(28)15-6-5-11-30(13-15)23-20(29)12-17-22(25(23)36-4)31(16-7-8-16)14-18(24(17)33)26(34)35/h12,14,16H,5-11,13H2,1-4H3,(H,34,35)/b19-15+. The van der Waals surface area contributed by atoms with Gasteiger partial charge in [0.15, 0.2) is 11.6 Å². The van der Waals surface area contributed by atoms with Crippen LogP contribution >= 0.6 is 0 Å². The number of rotatable bonds is 7. The second kappa shape index (κ2) is 10.1. The van der Waals surface area contributed by atoms with Crippen LogP contribution in [0.2, 0.25) is 0 Å². The van der Waals surface area contributed by atoms with Crippen molar-refractivity contribution in [3.63, 3.8) is 0 Å². The average molecular weight is 519 g/mol. The van der Waals surface area contributed by atoms with Gasteiger partial charge in [-0.1, -0.05) is 0 Å². The maximum atomic E-state index is 15.6. The van der Waals surface area contributed by atoms with Crippen molar-refractivity contribution in [2.24, 2.45) is 0 Å². The van der Waals surface area contributed by atoms with E-state index in [9.17, 15) is 19.5 Å². The summed E-state index contributed by atoms with van der Waals surface area (Å²) in [6.45, 7) is 5.77. The van der Waals surface area contributed by atoms with E-state index in [2.05, 4.69) is 0 Å². The second-order valence-electron chi connectivity index (χ2n) is 10.6. The molecule has 2 aliphatic rings. The van der Waals surface area contributed by atoms with Crippen LogP contribution in [0.4, 0.5) is 14.5 Å². The van der Waals surface area contributed by atoms with Gasteiger partial charge in [-0.3, -0.25) is 9.59 Å². The van der Waals surface area contributed by atoms with Crippen molar-refractivity contribution in [1.29, 1.82) is 0 Å². The molecule has 0 bridgehead atoms. The van der Waals surface area contributed by atoms with Gasteiger partial charge in [-0.15, -0.1) is 0 Å². The monoisotopic (exact) mass is 518 g/mol. The normalized spacial score (nSPS) is 17.6. The lowest BCUT2D eigenvalue weighted by Crippen LogP contribution is -2.33. The van der Waals surface area contributed by atoms with E-state index in [0.717, 1.165) is 18.9 Å². The van der Waals surface area contributed by atoms with Crippen molar-refractivity contribution >= 4 is 28.5 Å². The molecule has 0 unspecified atom stereocenters. The molecule has 37 heavy (non-hydrogen) atoms. The smallest absolute Gasteiger partial charge is 0.341 e. The summed E-state index contributed by atoms with van der Waals surface area (Å²) in [6.07, 6.45) is 3.73. The molecule has 0 radical (unpaired) electrons. The predicted molar refractivity (Wildman–Crippen MR) is 135 cm³/mol. The maximum absolute atomic E-state index is 15.6. The van der Waals surface area contributed by atoms with E-state index < -0.39 is 40.2 Å². The second-order valence-corrected chi connectivity index (χ2v) is 10.6. The van der Waals surface area contributed by atoms with Gasteiger partial charge < -0.3 is 24.0 Å². The van der Waals surface area contributed by atoms with Crippen LogP contribution in [0.15, 0.2) is 28.5 Å². The first kappa shape index (κ1) is 26.6. The molecule has 8 nitrogen and oxygen atoms in total. The summed E-state index contributed by atoms with van der Waals surface area (Å²) >= 11 is 0. The molecule has 1 N–H and O–H groups in total. The number of pyridine rings is 1. The highest BCUT2D eigenvalue weighted by Crippen LogP contribution is 2.44. The summed E-state index contributed by atoms with van der Waals surface area (Å²) in [5.41, 5.74) is -0.961. The van der Waals surface area contributed by atoms with Crippen molar-refractivity contribution < 1.29 is 33.0 Å². The molecule has 1 saturated heterocycles. The molecule has 2 heterocycles. The number of aromatic carboxylic acids is 1. The van der Waals surface area contributed by atoms with Crippen LogP contribution in [0.25, 0.3) is 10.9 Å². The summed E-state index contributed by atoms with van der Waals surface area (Å²) in [7, 11) is 1.37. The number of carbonyl (C=O) groups excluding carboxylic acids is 1. The van der Waals surface area contributed by atoms with Gasteiger partial charge >= 0.3 is 11.9 Å². The van der Waals surface area contributed by atoms with E-state index >= 15 is 8.78 Å². The SMILES string of the molecule is COc1c(N2CCC/C(=C(\F)CCC(=O)OC(C)(C)C)C2)c(F)cc2c(=O)c(C(=O)O)cn(C3CC3)c12. The highest BCUT2D eigenvalue weighted by atomic mass is 19.1. The molecule has 4 rings (SSSR count). The van der Waals surface area contributed by atoms with Crippen LogP contribution in [0.5, 0.6) is 5.75 Å². The molecular weight excluding hydrogens is 486 g/mol. The molecule has 1 aliphatic carbocycles. The number of carboxylic acid groups (broad SMARTS) is 1. The lowest BCUT2D eigenvalue weighted by Gasteiger charge is -2.33. The summed E-state index contributed by atoms with van der Waals surface area (Å²) in [4.78, 5) is 38.3. The number of benzene rings is 1. The highest BCUT2D eigenvalue weighted by Gasteiger charge is 2.32. The van der Waals surface area contributed by atoms with Gasteiger partial charge in [-0.25, -0.2) is 13.6 Å². The summed E-state index contributed by atoms with van der Waals surface area (Å²) < 4.78 is 43.2. The van der Waals surface area contributed by atoms with Crippen LogP contribution in [0.3, 0.4) is 0 Å². The molecule has 1 saturated carbocycles. The molecule has 0 amide bonds. The molecule has 1 aromatic carbocycles. The Hall–Kier alpha value is -3.43. The van der Waals surface area contributed by atoms with E-state index in [-0.39, 0.29) is 42.3 Å². The Labute approximate surface area is 213 Å². The minimum Gasteiger partial charge on any atom is -0.492 e. The topological polar surface area (TPSA) is 98.1 Å². The van der Waals surface area contributed by atoms with Gasteiger partial charge in [0.1, 0.15) is 22.7 Å². The van der Waals surface area contributed by atoms with Gasteiger partial charge in [-0.2, -0.15) is 0 Å². The summed E-state index contributed by atoms with van der Waals surface area (Å²) in [6, 6.07) is 1.04. The van der Waals surface area contributed by atoms with E-state index in [1.807, 2.05) is 0 Å². The molecule has 2 fully saturated rings. The first-order valence-electron chi connectivity index (χ1n) is 12.4. The number of fused-ring (bicyclic) bond motifs is 1. The number of ether oxygens (including phenoxy) is 2. The summed E-state index contributed by atoms with van der Waals surface area (Å²) in [5, 5.41) is 9.44. The molecule has 0 atom stereocenters. The molecule has 2 aromatic rings. The number of hydrogen-bond acceptors (Lipinski definition) is 6. The van der Waals surface area contributed by atoms with Crippen molar-refractivity contribution in [2.45, 2.75) is 70.9 Å². The van der Waals surface area contributed by atoms with Crippen LogP contribution in [0, 0.1) is 5.82 Å².